The first-order valence-electron chi connectivity index (χ1n) is 5.39. The van der Waals surface area contributed by atoms with Gasteiger partial charge in [0.1, 0.15) is 5.60 Å². The van der Waals surface area contributed by atoms with Crippen molar-refractivity contribution >= 4 is 12.1 Å². The summed E-state index contributed by atoms with van der Waals surface area (Å²) in [6.07, 6.45) is -0.524. The second kappa shape index (κ2) is 6.35. The summed E-state index contributed by atoms with van der Waals surface area (Å²) in [5, 5.41) is 2.52. The Balaban J connectivity index is 3.88. The van der Waals surface area contributed by atoms with E-state index in [1.165, 1.54) is 0 Å². The van der Waals surface area contributed by atoms with Crippen molar-refractivity contribution in [2.45, 2.75) is 40.2 Å². The molecule has 0 heterocycles. The van der Waals surface area contributed by atoms with Crippen molar-refractivity contribution in [2.75, 3.05) is 13.2 Å². The molecular formula is C11H21NO4. The van der Waals surface area contributed by atoms with E-state index >= 15 is 0 Å². The van der Waals surface area contributed by atoms with Gasteiger partial charge in [-0.05, 0) is 27.7 Å². The average molecular weight is 231 g/mol. The molecule has 0 saturated carbocycles. The number of amides is 1. The summed E-state index contributed by atoms with van der Waals surface area (Å²) < 4.78 is 9.83. The minimum Gasteiger partial charge on any atom is -0.466 e. The van der Waals surface area contributed by atoms with Gasteiger partial charge in [-0.15, -0.1) is 0 Å². The lowest BCUT2D eigenvalue weighted by molar-refractivity contribution is -0.147. The van der Waals surface area contributed by atoms with E-state index < -0.39 is 11.7 Å². The van der Waals surface area contributed by atoms with E-state index in [0.29, 0.717) is 6.61 Å². The molecule has 0 radical (unpaired) electrons. The number of carbonyl (C=O) groups is 2. The number of hydrogen-bond donors (Lipinski definition) is 1. The Hall–Kier alpha value is -1.26. The van der Waals surface area contributed by atoms with Gasteiger partial charge >= 0.3 is 12.1 Å². The molecule has 0 aliphatic rings. The van der Waals surface area contributed by atoms with E-state index in [9.17, 15) is 9.59 Å². The summed E-state index contributed by atoms with van der Waals surface area (Å²) in [6.45, 7) is 9.33. The molecule has 16 heavy (non-hydrogen) atoms. The Labute approximate surface area is 96.5 Å². The van der Waals surface area contributed by atoms with Gasteiger partial charge < -0.3 is 14.8 Å². The first-order valence-corrected chi connectivity index (χ1v) is 5.39. The number of rotatable bonds is 4. The van der Waals surface area contributed by atoms with Gasteiger partial charge in [-0.2, -0.15) is 0 Å². The Kier molecular flexibility index (Phi) is 5.85. The van der Waals surface area contributed by atoms with Crippen molar-refractivity contribution in [3.8, 4) is 0 Å². The van der Waals surface area contributed by atoms with Crippen molar-refractivity contribution in [3.63, 3.8) is 0 Å². The monoisotopic (exact) mass is 231 g/mol. The fourth-order valence-electron chi connectivity index (χ4n) is 0.918. The third-order valence-electron chi connectivity index (χ3n) is 1.64. The van der Waals surface area contributed by atoms with E-state index in [1.807, 2.05) is 0 Å². The van der Waals surface area contributed by atoms with E-state index in [4.69, 9.17) is 9.47 Å². The second-order valence-electron chi connectivity index (χ2n) is 4.54. The molecule has 0 spiro atoms. The molecule has 5 nitrogen and oxygen atoms in total. The standard InChI is InChI=1S/C11H21NO4/c1-6-15-9(13)8(2)7-12-10(14)16-11(3,4)5/h8H,6-7H2,1-5H3,(H,12,14). The van der Waals surface area contributed by atoms with E-state index in [0.717, 1.165) is 0 Å². The average Bonchev–Trinajstić information content (AvgIpc) is 2.11. The summed E-state index contributed by atoms with van der Waals surface area (Å²) in [7, 11) is 0. The summed E-state index contributed by atoms with van der Waals surface area (Å²) in [5.74, 6) is -0.689. The third-order valence-corrected chi connectivity index (χ3v) is 1.64. The number of esters is 1. The molecule has 0 rings (SSSR count). The highest BCUT2D eigenvalue weighted by Crippen LogP contribution is 2.06. The van der Waals surface area contributed by atoms with Crippen LogP contribution in [0, 0.1) is 5.92 Å². The van der Waals surface area contributed by atoms with E-state index in [2.05, 4.69) is 5.32 Å². The number of ether oxygens (including phenoxy) is 2. The largest absolute Gasteiger partial charge is 0.466 e. The van der Waals surface area contributed by atoms with E-state index in [-0.39, 0.29) is 18.4 Å². The van der Waals surface area contributed by atoms with Crippen LogP contribution >= 0.6 is 0 Å². The second-order valence-corrected chi connectivity index (χ2v) is 4.54. The first-order chi connectivity index (χ1) is 7.26. The Morgan fingerprint density at radius 3 is 2.31 bits per heavy atom. The smallest absolute Gasteiger partial charge is 0.407 e. The molecule has 0 aromatic heterocycles. The number of hydrogen-bond acceptors (Lipinski definition) is 4. The SMILES string of the molecule is CCOC(=O)C(C)CNC(=O)OC(C)(C)C. The maximum atomic E-state index is 11.3. The zero-order valence-corrected chi connectivity index (χ0v) is 10.6. The molecule has 0 bridgehead atoms. The predicted octanol–water partition coefficient (Wildman–Crippen LogP) is 1.71. The predicted molar refractivity (Wildman–Crippen MR) is 60.0 cm³/mol. The molecule has 0 aliphatic heterocycles. The van der Waals surface area contributed by atoms with Gasteiger partial charge in [-0.25, -0.2) is 4.79 Å². The Morgan fingerprint density at radius 1 is 1.31 bits per heavy atom. The van der Waals surface area contributed by atoms with E-state index in [1.54, 1.807) is 34.6 Å². The topological polar surface area (TPSA) is 64.6 Å². The van der Waals surface area contributed by atoms with Crippen LogP contribution in [0.4, 0.5) is 4.79 Å². The van der Waals surface area contributed by atoms with Gasteiger partial charge in [0, 0.05) is 6.54 Å². The van der Waals surface area contributed by atoms with Crippen LogP contribution in [0.5, 0.6) is 0 Å². The molecule has 5 heteroatoms. The molecule has 1 unspecified atom stereocenters. The minimum absolute atomic E-state index is 0.216. The molecule has 1 atom stereocenters. The van der Waals surface area contributed by atoms with Gasteiger partial charge in [0.05, 0.1) is 12.5 Å². The Morgan fingerprint density at radius 2 is 1.88 bits per heavy atom. The molecule has 0 saturated heterocycles. The first kappa shape index (κ1) is 14.7. The van der Waals surface area contributed by atoms with Gasteiger partial charge in [-0.3, -0.25) is 4.79 Å². The van der Waals surface area contributed by atoms with Crippen LogP contribution in [0.1, 0.15) is 34.6 Å². The van der Waals surface area contributed by atoms with Crippen LogP contribution < -0.4 is 5.32 Å². The molecular weight excluding hydrogens is 210 g/mol. The number of carbonyl (C=O) groups excluding carboxylic acids is 2. The zero-order chi connectivity index (χ0) is 12.8. The van der Waals surface area contributed by atoms with Crippen molar-refractivity contribution < 1.29 is 19.1 Å². The zero-order valence-electron chi connectivity index (χ0n) is 10.6. The lowest BCUT2D eigenvalue weighted by atomic mass is 10.2. The lowest BCUT2D eigenvalue weighted by Gasteiger charge is -2.20. The van der Waals surface area contributed by atoms with Crippen LogP contribution in [0.3, 0.4) is 0 Å². The van der Waals surface area contributed by atoms with Gasteiger partial charge in [0.2, 0.25) is 0 Å². The fourth-order valence-corrected chi connectivity index (χ4v) is 0.918. The molecule has 1 N–H and O–H groups in total. The molecule has 0 aromatic carbocycles. The highest BCUT2D eigenvalue weighted by atomic mass is 16.6. The summed E-state index contributed by atoms with van der Waals surface area (Å²) in [5.41, 5.74) is -0.531. The molecule has 0 aliphatic carbocycles. The fraction of sp³-hybridized carbons (Fsp3) is 0.818. The highest BCUT2D eigenvalue weighted by molar-refractivity contribution is 5.74. The number of nitrogens with one attached hydrogen (secondary N) is 1. The summed E-state index contributed by atoms with van der Waals surface area (Å²) in [6, 6.07) is 0. The van der Waals surface area contributed by atoms with Crippen LogP contribution in [-0.4, -0.2) is 30.8 Å². The van der Waals surface area contributed by atoms with Crippen LogP contribution in [0.25, 0.3) is 0 Å². The molecule has 94 valence electrons. The molecule has 0 aromatic rings. The van der Waals surface area contributed by atoms with Crippen LogP contribution in [0.2, 0.25) is 0 Å². The minimum atomic E-state index is -0.531. The quantitative estimate of drug-likeness (QED) is 0.748. The summed E-state index contributed by atoms with van der Waals surface area (Å²) >= 11 is 0. The van der Waals surface area contributed by atoms with Gasteiger partial charge in [-0.1, -0.05) is 6.92 Å². The highest BCUT2D eigenvalue weighted by Gasteiger charge is 2.19. The number of alkyl carbamates (subject to hydrolysis) is 1. The maximum absolute atomic E-state index is 11.3. The molecule has 1 amide bonds. The van der Waals surface area contributed by atoms with Crippen molar-refractivity contribution in [2.24, 2.45) is 5.92 Å². The normalized spacial score (nSPS) is 12.8. The van der Waals surface area contributed by atoms with Crippen LogP contribution in [-0.2, 0) is 14.3 Å². The molecule has 0 fully saturated rings. The maximum Gasteiger partial charge on any atom is 0.407 e. The summed E-state index contributed by atoms with van der Waals surface area (Å²) in [4.78, 5) is 22.5. The van der Waals surface area contributed by atoms with Gasteiger partial charge in [0.25, 0.3) is 0 Å². The van der Waals surface area contributed by atoms with Crippen molar-refractivity contribution in [3.05, 3.63) is 0 Å². The lowest BCUT2D eigenvalue weighted by Crippen LogP contribution is -2.36. The van der Waals surface area contributed by atoms with Gasteiger partial charge in [0.15, 0.2) is 0 Å². The van der Waals surface area contributed by atoms with Crippen molar-refractivity contribution in [1.82, 2.24) is 5.32 Å². The van der Waals surface area contributed by atoms with Crippen molar-refractivity contribution in [1.29, 1.82) is 0 Å². The third kappa shape index (κ3) is 7.09. The Bertz CT molecular complexity index is 245. The van der Waals surface area contributed by atoms with Crippen LogP contribution in [0.15, 0.2) is 0 Å².